The lowest BCUT2D eigenvalue weighted by Gasteiger charge is -2.45. The lowest BCUT2D eigenvalue weighted by molar-refractivity contribution is -0.134. The van der Waals surface area contributed by atoms with Crippen LogP contribution in [-0.2, 0) is 4.79 Å². The van der Waals surface area contributed by atoms with Gasteiger partial charge in [0, 0.05) is 44.7 Å². The predicted octanol–water partition coefficient (Wildman–Crippen LogP) is 2.87. The fraction of sp³-hybridized carbons (Fsp3) is 0.619. The number of hydrogen-bond donors (Lipinski definition) is 1. The maximum Gasteiger partial charge on any atom is 0.407 e. The molecule has 28 heavy (non-hydrogen) atoms. The number of nitrogens with zero attached hydrogens (tertiary/aromatic N) is 3. The van der Waals surface area contributed by atoms with E-state index in [1.54, 1.807) is 6.07 Å². The quantitative estimate of drug-likeness (QED) is 0.863. The highest BCUT2D eigenvalue weighted by Gasteiger charge is 2.38. The standard InChI is InChI=1S/C21H28FN3O3/c1-14-12-16(22)4-5-18(14)19-13-17(6-7-25(19)21(27)28)23-8-10-24(11-9-23)20(26)15-2-3-15/h4-5,12,15,17,19H,2-3,6-11,13H2,1H3,(H,27,28). The first-order chi connectivity index (χ1) is 13.4. The highest BCUT2D eigenvalue weighted by molar-refractivity contribution is 5.81. The van der Waals surface area contributed by atoms with E-state index in [9.17, 15) is 19.1 Å². The van der Waals surface area contributed by atoms with Crippen molar-refractivity contribution in [3.63, 3.8) is 0 Å². The van der Waals surface area contributed by atoms with Crippen LogP contribution >= 0.6 is 0 Å². The maximum absolute atomic E-state index is 13.5. The van der Waals surface area contributed by atoms with Crippen LogP contribution in [0.5, 0.6) is 0 Å². The molecule has 2 atom stereocenters. The number of likely N-dealkylation sites (tertiary alicyclic amines) is 1. The molecule has 152 valence electrons. The van der Waals surface area contributed by atoms with Gasteiger partial charge in [-0.3, -0.25) is 9.69 Å². The van der Waals surface area contributed by atoms with Crippen molar-refractivity contribution in [3.05, 3.63) is 35.1 Å². The van der Waals surface area contributed by atoms with Gasteiger partial charge >= 0.3 is 6.09 Å². The van der Waals surface area contributed by atoms with Crippen LogP contribution in [-0.4, -0.2) is 70.6 Å². The molecule has 0 radical (unpaired) electrons. The summed E-state index contributed by atoms with van der Waals surface area (Å²) in [5.41, 5.74) is 1.67. The van der Waals surface area contributed by atoms with E-state index in [0.717, 1.165) is 56.6 Å². The predicted molar refractivity (Wildman–Crippen MR) is 103 cm³/mol. The molecule has 3 fully saturated rings. The maximum atomic E-state index is 13.5. The number of piperidine rings is 1. The Morgan fingerprint density at radius 3 is 2.39 bits per heavy atom. The van der Waals surface area contributed by atoms with Crippen LogP contribution in [0.25, 0.3) is 0 Å². The summed E-state index contributed by atoms with van der Waals surface area (Å²) in [6.45, 7) is 5.51. The molecule has 2 amide bonds. The number of aryl methyl sites for hydroxylation is 1. The average Bonchev–Trinajstić information content (AvgIpc) is 3.52. The lowest BCUT2D eigenvalue weighted by atomic mass is 9.88. The van der Waals surface area contributed by atoms with Gasteiger partial charge in [-0.25, -0.2) is 9.18 Å². The minimum Gasteiger partial charge on any atom is -0.465 e. The van der Waals surface area contributed by atoms with Crippen LogP contribution < -0.4 is 0 Å². The smallest absolute Gasteiger partial charge is 0.407 e. The molecule has 1 aliphatic carbocycles. The molecule has 0 spiro atoms. The van der Waals surface area contributed by atoms with E-state index in [0.29, 0.717) is 18.9 Å². The number of rotatable bonds is 3. The number of carboxylic acid groups (broad SMARTS) is 1. The third-order valence-electron chi connectivity index (χ3n) is 6.48. The Kier molecular flexibility index (Phi) is 5.27. The van der Waals surface area contributed by atoms with E-state index in [2.05, 4.69) is 4.90 Å². The van der Waals surface area contributed by atoms with Crippen molar-refractivity contribution in [3.8, 4) is 0 Å². The Labute approximate surface area is 164 Å². The van der Waals surface area contributed by atoms with E-state index in [1.165, 1.54) is 17.0 Å². The zero-order valence-corrected chi connectivity index (χ0v) is 16.3. The van der Waals surface area contributed by atoms with Gasteiger partial charge in [-0.1, -0.05) is 6.07 Å². The summed E-state index contributed by atoms with van der Waals surface area (Å²) >= 11 is 0. The van der Waals surface area contributed by atoms with Gasteiger partial charge in [0.05, 0.1) is 6.04 Å². The number of amides is 2. The van der Waals surface area contributed by atoms with Crippen molar-refractivity contribution in [1.82, 2.24) is 14.7 Å². The van der Waals surface area contributed by atoms with E-state index in [-0.39, 0.29) is 23.8 Å². The summed E-state index contributed by atoms with van der Waals surface area (Å²) in [6.07, 6.45) is 2.64. The van der Waals surface area contributed by atoms with Crippen LogP contribution in [0.1, 0.15) is 42.9 Å². The number of carbonyl (C=O) groups is 2. The Hall–Kier alpha value is -2.15. The van der Waals surface area contributed by atoms with Gasteiger partial charge in [0.2, 0.25) is 5.91 Å². The van der Waals surface area contributed by atoms with Crippen LogP contribution in [0.4, 0.5) is 9.18 Å². The molecule has 2 aliphatic heterocycles. The summed E-state index contributed by atoms with van der Waals surface area (Å²) in [5.74, 6) is 0.267. The van der Waals surface area contributed by atoms with Gasteiger partial charge in [-0.2, -0.15) is 0 Å². The Morgan fingerprint density at radius 2 is 1.79 bits per heavy atom. The molecule has 2 saturated heterocycles. The van der Waals surface area contributed by atoms with Crippen LogP contribution in [0.15, 0.2) is 18.2 Å². The summed E-state index contributed by atoms with van der Waals surface area (Å²) in [5, 5.41) is 9.66. The zero-order chi connectivity index (χ0) is 19.8. The van der Waals surface area contributed by atoms with Crippen molar-refractivity contribution >= 4 is 12.0 Å². The summed E-state index contributed by atoms with van der Waals surface area (Å²) in [7, 11) is 0. The molecule has 6 nitrogen and oxygen atoms in total. The molecule has 1 aromatic rings. The van der Waals surface area contributed by atoms with Crippen molar-refractivity contribution in [2.24, 2.45) is 5.92 Å². The number of benzene rings is 1. The van der Waals surface area contributed by atoms with Crippen LogP contribution in [0.3, 0.4) is 0 Å². The number of halogens is 1. The fourth-order valence-electron chi connectivity index (χ4n) is 4.71. The zero-order valence-electron chi connectivity index (χ0n) is 16.3. The van der Waals surface area contributed by atoms with Crippen molar-refractivity contribution in [1.29, 1.82) is 0 Å². The Bertz CT molecular complexity index is 759. The van der Waals surface area contributed by atoms with Crippen molar-refractivity contribution < 1.29 is 19.1 Å². The molecule has 1 saturated carbocycles. The van der Waals surface area contributed by atoms with Gasteiger partial charge in [0.1, 0.15) is 5.82 Å². The van der Waals surface area contributed by atoms with Gasteiger partial charge in [-0.15, -0.1) is 0 Å². The van der Waals surface area contributed by atoms with Crippen molar-refractivity contribution in [2.45, 2.75) is 44.7 Å². The molecular formula is C21H28FN3O3. The molecule has 4 rings (SSSR count). The van der Waals surface area contributed by atoms with Gasteiger partial charge in [0.15, 0.2) is 0 Å². The summed E-state index contributed by atoms with van der Waals surface area (Å²) < 4.78 is 13.5. The van der Waals surface area contributed by atoms with Crippen LogP contribution in [0.2, 0.25) is 0 Å². The molecule has 2 heterocycles. The molecular weight excluding hydrogens is 361 g/mol. The summed E-state index contributed by atoms with van der Waals surface area (Å²) in [4.78, 5) is 29.9. The molecule has 1 N–H and O–H groups in total. The highest BCUT2D eigenvalue weighted by atomic mass is 19.1. The second kappa shape index (κ2) is 7.70. The van der Waals surface area contributed by atoms with Gasteiger partial charge < -0.3 is 14.9 Å². The SMILES string of the molecule is Cc1cc(F)ccc1C1CC(N2CCN(C(=O)C3CC3)CC2)CCN1C(=O)O. The third-order valence-corrected chi connectivity index (χ3v) is 6.48. The molecule has 0 bridgehead atoms. The monoisotopic (exact) mass is 389 g/mol. The first kappa shape index (κ1) is 19.2. The van der Waals surface area contributed by atoms with E-state index in [4.69, 9.17) is 0 Å². The van der Waals surface area contributed by atoms with Crippen LogP contribution in [0, 0.1) is 18.7 Å². The average molecular weight is 389 g/mol. The van der Waals surface area contributed by atoms with Crippen molar-refractivity contribution in [2.75, 3.05) is 32.7 Å². The largest absolute Gasteiger partial charge is 0.465 e. The minimum atomic E-state index is -0.924. The van der Waals surface area contributed by atoms with E-state index >= 15 is 0 Å². The lowest BCUT2D eigenvalue weighted by Crippen LogP contribution is -2.55. The molecule has 7 heteroatoms. The highest BCUT2D eigenvalue weighted by Crippen LogP contribution is 2.36. The minimum absolute atomic E-state index is 0.260. The first-order valence-corrected chi connectivity index (χ1v) is 10.2. The van der Waals surface area contributed by atoms with Gasteiger partial charge in [0.25, 0.3) is 0 Å². The number of piperazine rings is 1. The molecule has 3 aliphatic rings. The molecule has 2 unspecified atom stereocenters. The third kappa shape index (κ3) is 3.85. The van der Waals surface area contributed by atoms with Gasteiger partial charge in [-0.05, 0) is 55.9 Å². The molecule has 1 aromatic carbocycles. The first-order valence-electron chi connectivity index (χ1n) is 10.2. The second-order valence-corrected chi connectivity index (χ2v) is 8.31. The normalized spacial score (nSPS) is 26.4. The second-order valence-electron chi connectivity index (χ2n) is 8.31. The Morgan fingerprint density at radius 1 is 1.07 bits per heavy atom. The number of carbonyl (C=O) groups excluding carboxylic acids is 1. The fourth-order valence-corrected chi connectivity index (χ4v) is 4.71. The Balaban J connectivity index is 1.45. The number of hydrogen-bond acceptors (Lipinski definition) is 3. The molecule has 0 aromatic heterocycles. The van der Waals surface area contributed by atoms with E-state index < -0.39 is 6.09 Å². The topological polar surface area (TPSA) is 64.1 Å². The summed E-state index contributed by atoms with van der Waals surface area (Å²) in [6, 6.07) is 4.63. The van der Waals surface area contributed by atoms with E-state index in [1.807, 2.05) is 11.8 Å².